The van der Waals surface area contributed by atoms with Crippen LogP contribution in [0.4, 0.5) is 0 Å². The van der Waals surface area contributed by atoms with Crippen molar-refractivity contribution in [3.63, 3.8) is 0 Å². The predicted molar refractivity (Wildman–Crippen MR) is 116 cm³/mol. The number of benzene rings is 2. The Morgan fingerprint density at radius 3 is 2.42 bits per heavy atom. The van der Waals surface area contributed by atoms with Crippen LogP contribution in [0.3, 0.4) is 0 Å². The molecule has 1 unspecified atom stereocenters. The molecule has 3 heteroatoms. The molecule has 1 heterocycles. The maximum Gasteiger partial charge on any atom is 0.106 e. The van der Waals surface area contributed by atoms with Crippen LogP contribution in [0.15, 0.2) is 48.5 Å². The van der Waals surface area contributed by atoms with Crippen LogP contribution >= 0.6 is 0 Å². The van der Waals surface area contributed by atoms with E-state index in [0.717, 1.165) is 0 Å². The van der Waals surface area contributed by atoms with E-state index in [-0.39, 0.29) is 5.54 Å². The minimum absolute atomic E-state index is 0.252. The van der Waals surface area contributed by atoms with E-state index in [0.29, 0.717) is 5.92 Å². The highest BCUT2D eigenvalue weighted by Crippen LogP contribution is 2.49. The number of hydrogen-bond donors (Lipinski definition) is 1. The molecule has 0 spiro atoms. The lowest BCUT2D eigenvalue weighted by atomic mass is 9.96. The number of para-hydroxylation sites is 1. The van der Waals surface area contributed by atoms with Gasteiger partial charge in [-0.15, -0.1) is 0 Å². The quantitative estimate of drug-likeness (QED) is 0.585. The van der Waals surface area contributed by atoms with E-state index in [2.05, 4.69) is 91.9 Å². The van der Waals surface area contributed by atoms with Crippen molar-refractivity contribution >= 4 is 19.9 Å². The van der Waals surface area contributed by atoms with Gasteiger partial charge >= 0.3 is 0 Å². The van der Waals surface area contributed by atoms with E-state index >= 15 is 0 Å². The zero-order valence-corrected chi connectivity index (χ0v) is 17.8. The molecule has 136 valence electrons. The summed E-state index contributed by atoms with van der Waals surface area (Å²) in [5.41, 5.74) is 7.30. The van der Waals surface area contributed by atoms with Crippen molar-refractivity contribution in [1.29, 1.82) is 0 Å². The van der Waals surface area contributed by atoms with Gasteiger partial charge in [0.1, 0.15) is 8.96 Å². The standard InChI is InChI=1S/C23H30N2Si/c1-23(2,3)25(26(4)5)15-14-18-16-10-6-7-11-17(16)21-19-12-8-9-13-20(19)24-22(18)21/h6-13,18,24,26H,14-15H2,1-5H3. The molecule has 2 aromatic carbocycles. The average molecular weight is 363 g/mol. The first-order chi connectivity index (χ1) is 12.4. The number of aromatic amines is 1. The molecule has 1 aliphatic rings. The van der Waals surface area contributed by atoms with Crippen molar-refractivity contribution in [3.8, 4) is 11.1 Å². The summed E-state index contributed by atoms with van der Waals surface area (Å²) >= 11 is 0. The van der Waals surface area contributed by atoms with Gasteiger partial charge in [0.05, 0.1) is 0 Å². The lowest BCUT2D eigenvalue weighted by molar-refractivity contribution is 0.243. The highest BCUT2D eigenvalue weighted by Gasteiger charge is 2.33. The van der Waals surface area contributed by atoms with Crippen molar-refractivity contribution in [2.75, 3.05) is 6.54 Å². The molecule has 1 atom stereocenters. The minimum Gasteiger partial charge on any atom is -0.357 e. The third-order valence-electron chi connectivity index (χ3n) is 5.83. The number of aromatic nitrogens is 1. The number of H-pyrrole nitrogens is 1. The second kappa shape index (κ2) is 6.40. The Balaban J connectivity index is 1.74. The van der Waals surface area contributed by atoms with Crippen LogP contribution < -0.4 is 0 Å². The number of nitrogens with zero attached hydrogens (tertiary/aromatic N) is 1. The van der Waals surface area contributed by atoms with E-state index in [4.69, 9.17) is 0 Å². The largest absolute Gasteiger partial charge is 0.357 e. The maximum atomic E-state index is 3.76. The summed E-state index contributed by atoms with van der Waals surface area (Å²) in [6.45, 7) is 13.1. The van der Waals surface area contributed by atoms with Gasteiger partial charge in [-0.05, 0) is 50.9 Å². The molecule has 1 aromatic heterocycles. The molecule has 0 fully saturated rings. The Morgan fingerprint density at radius 1 is 1.00 bits per heavy atom. The summed E-state index contributed by atoms with van der Waals surface area (Å²) in [6.07, 6.45) is 1.18. The number of hydrogen-bond acceptors (Lipinski definition) is 1. The summed E-state index contributed by atoms with van der Waals surface area (Å²) in [7, 11) is -0.850. The van der Waals surface area contributed by atoms with E-state index < -0.39 is 8.96 Å². The molecule has 4 rings (SSSR count). The van der Waals surface area contributed by atoms with Crippen molar-refractivity contribution in [1.82, 2.24) is 9.55 Å². The molecule has 3 aromatic rings. The van der Waals surface area contributed by atoms with Gasteiger partial charge in [-0.25, -0.2) is 0 Å². The van der Waals surface area contributed by atoms with E-state index in [1.807, 2.05) is 0 Å². The van der Waals surface area contributed by atoms with Gasteiger partial charge in [0.25, 0.3) is 0 Å². The van der Waals surface area contributed by atoms with Gasteiger partial charge in [0.2, 0.25) is 0 Å². The molecule has 0 aliphatic heterocycles. The molecule has 1 aliphatic carbocycles. The highest BCUT2D eigenvalue weighted by molar-refractivity contribution is 6.52. The van der Waals surface area contributed by atoms with Crippen LogP contribution in [0.2, 0.25) is 13.1 Å². The Bertz CT molecular complexity index is 933. The molecule has 0 saturated carbocycles. The van der Waals surface area contributed by atoms with Crippen LogP contribution in [-0.2, 0) is 0 Å². The van der Waals surface area contributed by atoms with Gasteiger partial charge in [-0.2, -0.15) is 0 Å². The van der Waals surface area contributed by atoms with Crippen LogP contribution in [-0.4, -0.2) is 30.6 Å². The van der Waals surface area contributed by atoms with Gasteiger partial charge in [-0.1, -0.05) is 55.6 Å². The molecular weight excluding hydrogens is 332 g/mol. The maximum absolute atomic E-state index is 3.76. The molecule has 1 N–H and O–H groups in total. The van der Waals surface area contributed by atoms with Crippen LogP contribution in [0.5, 0.6) is 0 Å². The Hall–Kier alpha value is -1.84. The topological polar surface area (TPSA) is 19.0 Å². The molecule has 0 radical (unpaired) electrons. The fourth-order valence-electron chi connectivity index (χ4n) is 4.83. The molecular formula is C23H30N2Si. The second-order valence-corrected chi connectivity index (χ2v) is 11.7. The average Bonchev–Trinajstić information content (AvgIpc) is 3.09. The molecule has 0 bridgehead atoms. The molecule has 26 heavy (non-hydrogen) atoms. The Labute approximate surface area is 158 Å². The summed E-state index contributed by atoms with van der Waals surface area (Å²) < 4.78 is 2.76. The van der Waals surface area contributed by atoms with Crippen molar-refractivity contribution < 1.29 is 0 Å². The summed E-state index contributed by atoms with van der Waals surface area (Å²) in [6, 6.07) is 17.7. The van der Waals surface area contributed by atoms with Gasteiger partial charge in [0, 0.05) is 33.6 Å². The molecule has 0 amide bonds. The zero-order chi connectivity index (χ0) is 18.5. The fraction of sp³-hybridized carbons (Fsp3) is 0.391. The third kappa shape index (κ3) is 2.83. The normalized spacial score (nSPS) is 16.5. The van der Waals surface area contributed by atoms with Gasteiger partial charge < -0.3 is 9.55 Å². The highest BCUT2D eigenvalue weighted by atomic mass is 28.3. The number of rotatable bonds is 4. The summed E-state index contributed by atoms with van der Waals surface area (Å²) in [5, 5.41) is 1.36. The number of nitrogens with one attached hydrogen (secondary N) is 1. The van der Waals surface area contributed by atoms with Gasteiger partial charge in [0.15, 0.2) is 0 Å². The monoisotopic (exact) mass is 362 g/mol. The van der Waals surface area contributed by atoms with E-state index in [9.17, 15) is 0 Å². The van der Waals surface area contributed by atoms with Crippen molar-refractivity contribution in [3.05, 3.63) is 59.8 Å². The Kier molecular flexibility index (Phi) is 4.32. The lowest BCUT2D eigenvalue weighted by Gasteiger charge is -2.39. The first-order valence-electron chi connectivity index (χ1n) is 9.84. The second-order valence-electron chi connectivity index (χ2n) is 8.85. The smallest absolute Gasteiger partial charge is 0.106 e. The molecule has 2 nitrogen and oxygen atoms in total. The lowest BCUT2D eigenvalue weighted by Crippen LogP contribution is -2.49. The molecule has 0 saturated heterocycles. The van der Waals surface area contributed by atoms with E-state index in [1.165, 1.54) is 46.3 Å². The van der Waals surface area contributed by atoms with Crippen LogP contribution in [0.1, 0.15) is 44.4 Å². The van der Waals surface area contributed by atoms with Crippen LogP contribution in [0.25, 0.3) is 22.0 Å². The SMILES string of the molecule is C[SiH](C)N(CCC1c2ccccc2-c2c1[nH]c1ccccc21)C(C)(C)C. The van der Waals surface area contributed by atoms with E-state index in [1.54, 1.807) is 0 Å². The minimum atomic E-state index is -0.850. The summed E-state index contributed by atoms with van der Waals surface area (Å²) in [4.78, 5) is 3.76. The predicted octanol–water partition coefficient (Wildman–Crippen LogP) is 5.75. The fourth-order valence-corrected chi connectivity index (χ4v) is 7.05. The van der Waals surface area contributed by atoms with Crippen molar-refractivity contribution in [2.24, 2.45) is 0 Å². The summed E-state index contributed by atoms with van der Waals surface area (Å²) in [5.74, 6) is 0.478. The zero-order valence-electron chi connectivity index (χ0n) is 16.6. The van der Waals surface area contributed by atoms with Gasteiger partial charge in [-0.3, -0.25) is 0 Å². The third-order valence-corrected chi connectivity index (χ3v) is 8.11. The number of fused-ring (bicyclic) bond motifs is 5. The van der Waals surface area contributed by atoms with Crippen LogP contribution in [0, 0.1) is 0 Å². The first-order valence-corrected chi connectivity index (χ1v) is 12.7. The first kappa shape index (κ1) is 17.6. The Morgan fingerprint density at radius 2 is 1.69 bits per heavy atom. The van der Waals surface area contributed by atoms with Crippen molar-refractivity contribution in [2.45, 2.75) is 51.7 Å².